The van der Waals surface area contributed by atoms with Crippen LogP contribution in [0.5, 0.6) is 0 Å². The molecule has 142 valence electrons. The fourth-order valence-corrected chi connectivity index (χ4v) is 3.08. The van der Waals surface area contributed by atoms with Crippen molar-refractivity contribution < 1.29 is 4.79 Å². The predicted molar refractivity (Wildman–Crippen MR) is 109 cm³/mol. The Hall–Kier alpha value is -3.48. The van der Waals surface area contributed by atoms with E-state index in [1.165, 1.54) is 0 Å². The first-order valence-corrected chi connectivity index (χ1v) is 9.35. The zero-order valence-electron chi connectivity index (χ0n) is 15.5. The van der Waals surface area contributed by atoms with E-state index in [2.05, 4.69) is 27.4 Å². The van der Waals surface area contributed by atoms with Crippen molar-refractivity contribution in [1.82, 2.24) is 20.2 Å². The normalized spacial score (nSPS) is 13.1. The summed E-state index contributed by atoms with van der Waals surface area (Å²) >= 11 is 0. The Morgan fingerprint density at radius 3 is 2.79 bits per heavy atom. The number of para-hydroxylation sites is 1. The molecule has 2 aromatic carbocycles. The number of tetrazole rings is 1. The van der Waals surface area contributed by atoms with Crippen molar-refractivity contribution >= 4 is 17.3 Å². The first kappa shape index (κ1) is 17.9. The maximum Gasteiger partial charge on any atom is 0.246 e. The van der Waals surface area contributed by atoms with Crippen molar-refractivity contribution in [3.05, 3.63) is 67.3 Å². The van der Waals surface area contributed by atoms with Gasteiger partial charge >= 0.3 is 0 Å². The summed E-state index contributed by atoms with van der Waals surface area (Å²) in [5, 5.41) is 15.3. The van der Waals surface area contributed by atoms with Crippen molar-refractivity contribution in [3.8, 4) is 11.4 Å². The van der Waals surface area contributed by atoms with E-state index in [9.17, 15) is 4.79 Å². The molecule has 1 N–H and O–H groups in total. The Morgan fingerprint density at radius 1 is 1.21 bits per heavy atom. The van der Waals surface area contributed by atoms with Gasteiger partial charge in [0.15, 0.2) is 5.82 Å². The molecule has 1 aliphatic carbocycles. The molecule has 1 amide bonds. The van der Waals surface area contributed by atoms with Crippen LogP contribution in [0.15, 0.2) is 67.3 Å². The van der Waals surface area contributed by atoms with E-state index in [4.69, 9.17) is 0 Å². The minimum absolute atomic E-state index is 0.0284. The van der Waals surface area contributed by atoms with E-state index in [1.54, 1.807) is 11.0 Å². The Balaban J connectivity index is 1.46. The van der Waals surface area contributed by atoms with Gasteiger partial charge < -0.3 is 10.2 Å². The van der Waals surface area contributed by atoms with E-state index >= 15 is 0 Å². The summed E-state index contributed by atoms with van der Waals surface area (Å²) < 4.78 is 1.88. The van der Waals surface area contributed by atoms with Crippen LogP contribution >= 0.6 is 0 Å². The average molecular weight is 374 g/mol. The predicted octanol–water partition coefficient (Wildman–Crippen LogP) is 3.31. The van der Waals surface area contributed by atoms with Crippen LogP contribution in [0, 0.1) is 0 Å². The number of rotatable bonds is 8. The fraction of sp³-hybridized carbons (Fsp3) is 0.238. The van der Waals surface area contributed by atoms with Crippen molar-refractivity contribution in [1.29, 1.82) is 0 Å². The molecule has 1 fully saturated rings. The molecule has 7 nitrogen and oxygen atoms in total. The van der Waals surface area contributed by atoms with E-state index in [1.807, 2.05) is 59.3 Å². The average Bonchev–Trinajstić information content (AvgIpc) is 3.47. The number of hydrogen-bond acceptors (Lipinski definition) is 5. The van der Waals surface area contributed by atoms with Crippen LogP contribution in [-0.4, -0.2) is 39.2 Å². The van der Waals surface area contributed by atoms with Gasteiger partial charge in [0.1, 0.15) is 0 Å². The molecular weight excluding hydrogens is 352 g/mol. The summed E-state index contributed by atoms with van der Waals surface area (Å²) in [6.07, 6.45) is 3.95. The van der Waals surface area contributed by atoms with Gasteiger partial charge in [0, 0.05) is 23.5 Å². The number of carbonyl (C=O) groups is 1. The van der Waals surface area contributed by atoms with Crippen molar-refractivity contribution in [2.45, 2.75) is 18.9 Å². The number of anilines is 2. The molecular formula is C21H22N6O. The van der Waals surface area contributed by atoms with Crippen LogP contribution in [0.4, 0.5) is 11.4 Å². The van der Waals surface area contributed by atoms with Crippen LogP contribution in [0.25, 0.3) is 11.4 Å². The molecule has 1 heterocycles. The molecule has 7 heteroatoms. The molecule has 1 aromatic heterocycles. The van der Waals surface area contributed by atoms with Crippen molar-refractivity contribution in [2.75, 3.05) is 23.3 Å². The summed E-state index contributed by atoms with van der Waals surface area (Å²) in [5.41, 5.74) is 2.63. The van der Waals surface area contributed by atoms with Gasteiger partial charge in [-0.1, -0.05) is 36.4 Å². The summed E-state index contributed by atoms with van der Waals surface area (Å²) in [5.74, 6) is 0.731. The number of benzene rings is 2. The van der Waals surface area contributed by atoms with Gasteiger partial charge in [-0.25, -0.2) is 4.68 Å². The van der Waals surface area contributed by atoms with Gasteiger partial charge in [0.05, 0.1) is 12.6 Å². The monoisotopic (exact) mass is 374 g/mol. The highest BCUT2D eigenvalue weighted by atomic mass is 16.2. The van der Waals surface area contributed by atoms with Gasteiger partial charge in [0.2, 0.25) is 5.91 Å². The van der Waals surface area contributed by atoms with Crippen molar-refractivity contribution in [2.24, 2.45) is 0 Å². The van der Waals surface area contributed by atoms with E-state index in [0.717, 1.165) is 35.6 Å². The summed E-state index contributed by atoms with van der Waals surface area (Å²) in [4.78, 5) is 14.5. The second-order valence-electron chi connectivity index (χ2n) is 6.74. The summed E-state index contributed by atoms with van der Waals surface area (Å²) in [7, 11) is 0. The molecule has 0 aliphatic heterocycles. The van der Waals surface area contributed by atoms with Crippen molar-refractivity contribution in [3.63, 3.8) is 0 Å². The lowest BCUT2D eigenvalue weighted by Crippen LogP contribution is -2.35. The third-order valence-electron chi connectivity index (χ3n) is 4.63. The Labute approximate surface area is 163 Å². The highest BCUT2D eigenvalue weighted by Gasteiger charge is 2.28. The second kappa shape index (κ2) is 8.04. The maximum atomic E-state index is 12.8. The number of amides is 1. The highest BCUT2D eigenvalue weighted by Crippen LogP contribution is 2.36. The van der Waals surface area contributed by atoms with E-state index in [-0.39, 0.29) is 12.5 Å². The Kier molecular flexibility index (Phi) is 5.14. The molecule has 3 aromatic rings. The van der Waals surface area contributed by atoms with Gasteiger partial charge in [-0.2, -0.15) is 0 Å². The lowest BCUT2D eigenvalue weighted by Gasteiger charge is -2.21. The van der Waals surface area contributed by atoms with Gasteiger partial charge in [-0.05, 0) is 47.5 Å². The molecule has 0 radical (unpaired) electrons. The number of aromatic nitrogens is 4. The number of hydrogen-bond donors (Lipinski definition) is 1. The zero-order valence-corrected chi connectivity index (χ0v) is 15.5. The summed E-state index contributed by atoms with van der Waals surface area (Å²) in [6.45, 7) is 4.40. The first-order chi connectivity index (χ1) is 13.8. The van der Waals surface area contributed by atoms with Crippen LogP contribution in [0.3, 0.4) is 0 Å². The number of nitrogens with zero attached hydrogens (tertiary/aromatic N) is 5. The number of nitrogens with one attached hydrogen (secondary N) is 1. The SMILES string of the molecule is C=CCN(C(=O)CNc1cccc(-c2nnnn2C2CC2)c1)c1ccccc1. The van der Waals surface area contributed by atoms with E-state index in [0.29, 0.717) is 12.6 Å². The standard InChI is InChI=1S/C21H22N6O/c1-2-13-26(18-9-4-3-5-10-18)20(28)15-22-17-8-6-7-16(14-17)21-23-24-25-27(21)19-11-12-19/h2-10,14,19,22H,1,11-13,15H2. The maximum absolute atomic E-state index is 12.8. The van der Waals surface area contributed by atoms with Gasteiger partial charge in [-0.15, -0.1) is 11.7 Å². The van der Waals surface area contributed by atoms with Crippen LogP contribution in [0.2, 0.25) is 0 Å². The molecule has 1 saturated carbocycles. The largest absolute Gasteiger partial charge is 0.376 e. The second-order valence-corrected chi connectivity index (χ2v) is 6.74. The summed E-state index contributed by atoms with van der Waals surface area (Å²) in [6, 6.07) is 17.8. The number of carbonyl (C=O) groups excluding carboxylic acids is 1. The topological polar surface area (TPSA) is 75.9 Å². The molecule has 0 atom stereocenters. The third-order valence-corrected chi connectivity index (χ3v) is 4.63. The molecule has 0 spiro atoms. The van der Waals surface area contributed by atoms with Crippen LogP contribution in [0.1, 0.15) is 18.9 Å². The molecule has 0 bridgehead atoms. The molecule has 0 saturated heterocycles. The molecule has 28 heavy (non-hydrogen) atoms. The molecule has 4 rings (SSSR count). The van der Waals surface area contributed by atoms with Crippen LogP contribution < -0.4 is 10.2 Å². The molecule has 0 unspecified atom stereocenters. The highest BCUT2D eigenvalue weighted by molar-refractivity contribution is 5.96. The minimum atomic E-state index is -0.0284. The minimum Gasteiger partial charge on any atom is -0.376 e. The van der Waals surface area contributed by atoms with Crippen LogP contribution in [-0.2, 0) is 4.79 Å². The van der Waals surface area contributed by atoms with Gasteiger partial charge in [0.25, 0.3) is 0 Å². The lowest BCUT2D eigenvalue weighted by atomic mass is 10.2. The zero-order chi connectivity index (χ0) is 19.3. The first-order valence-electron chi connectivity index (χ1n) is 9.35. The lowest BCUT2D eigenvalue weighted by molar-refractivity contribution is -0.116. The van der Waals surface area contributed by atoms with E-state index < -0.39 is 0 Å². The smallest absolute Gasteiger partial charge is 0.246 e. The molecule has 1 aliphatic rings. The van der Waals surface area contributed by atoms with Gasteiger partial charge in [-0.3, -0.25) is 4.79 Å². The fourth-order valence-electron chi connectivity index (χ4n) is 3.08. The Bertz CT molecular complexity index is 964. The Morgan fingerprint density at radius 2 is 2.04 bits per heavy atom. The quantitative estimate of drug-likeness (QED) is 0.612. The third kappa shape index (κ3) is 3.93.